The number of cyclic esters (lactones) is 1. The number of ether oxygens (including phenoxy) is 2. The maximum Gasteiger partial charge on any atom is 0.407 e. The van der Waals surface area contributed by atoms with Gasteiger partial charge in [0, 0.05) is 19.0 Å². The van der Waals surface area contributed by atoms with Gasteiger partial charge >= 0.3 is 6.09 Å². The molecule has 2 saturated carbocycles. The minimum atomic E-state index is -0.347. The van der Waals surface area contributed by atoms with Gasteiger partial charge in [0.2, 0.25) is 5.91 Å². The van der Waals surface area contributed by atoms with Crippen molar-refractivity contribution >= 4 is 12.0 Å². The second kappa shape index (κ2) is 7.39. The second-order valence-electron chi connectivity index (χ2n) is 11.7. The molecule has 0 unspecified atom stereocenters. The lowest BCUT2D eigenvalue weighted by atomic mass is 9.55. The fraction of sp³-hybridized carbons (Fsp3) is 0.692. The van der Waals surface area contributed by atoms with Crippen molar-refractivity contribution in [2.45, 2.75) is 76.2 Å². The van der Waals surface area contributed by atoms with Gasteiger partial charge in [-0.1, -0.05) is 32.9 Å². The average Bonchev–Trinajstić information content (AvgIpc) is 3.11. The van der Waals surface area contributed by atoms with Crippen molar-refractivity contribution in [2.24, 2.45) is 11.3 Å². The van der Waals surface area contributed by atoms with Gasteiger partial charge in [-0.05, 0) is 72.5 Å². The van der Waals surface area contributed by atoms with Crippen LogP contribution in [0.4, 0.5) is 4.79 Å². The summed E-state index contributed by atoms with van der Waals surface area (Å²) in [4.78, 5) is 26.4. The van der Waals surface area contributed by atoms with E-state index in [-0.39, 0.29) is 28.9 Å². The van der Waals surface area contributed by atoms with Crippen LogP contribution in [0.5, 0.6) is 5.75 Å². The van der Waals surface area contributed by atoms with Crippen molar-refractivity contribution in [1.82, 2.24) is 10.2 Å². The minimum Gasteiger partial charge on any atom is -0.496 e. The quantitative estimate of drug-likeness (QED) is 0.758. The van der Waals surface area contributed by atoms with E-state index in [1.165, 1.54) is 24.0 Å². The topological polar surface area (TPSA) is 67.9 Å². The third kappa shape index (κ3) is 3.65. The predicted molar refractivity (Wildman–Crippen MR) is 122 cm³/mol. The molecule has 2 heterocycles. The van der Waals surface area contributed by atoms with E-state index in [4.69, 9.17) is 9.47 Å². The van der Waals surface area contributed by atoms with Crippen molar-refractivity contribution in [3.63, 3.8) is 0 Å². The Morgan fingerprint density at radius 3 is 2.41 bits per heavy atom. The van der Waals surface area contributed by atoms with Crippen LogP contribution < -0.4 is 10.1 Å². The van der Waals surface area contributed by atoms with E-state index in [0.29, 0.717) is 30.8 Å². The summed E-state index contributed by atoms with van der Waals surface area (Å²) in [6, 6.07) is 6.67. The monoisotopic (exact) mass is 440 g/mol. The molecule has 2 saturated heterocycles. The van der Waals surface area contributed by atoms with Gasteiger partial charge < -0.3 is 19.7 Å². The Balaban J connectivity index is 1.16. The molecular weight excluding hydrogens is 404 g/mol. The van der Waals surface area contributed by atoms with Crippen molar-refractivity contribution in [1.29, 1.82) is 0 Å². The number of methoxy groups -OCH3 is 1. The normalized spacial score (nSPS) is 26.3. The molecule has 1 aromatic rings. The predicted octanol–water partition coefficient (Wildman–Crippen LogP) is 4.37. The summed E-state index contributed by atoms with van der Waals surface area (Å²) >= 11 is 0. The first-order valence-corrected chi connectivity index (χ1v) is 12.0. The highest BCUT2D eigenvalue weighted by Crippen LogP contribution is 2.58. The molecular formula is C26H36N2O4. The molecule has 2 amide bonds. The molecule has 4 fully saturated rings. The molecule has 174 valence electrons. The first kappa shape index (κ1) is 21.6. The summed E-state index contributed by atoms with van der Waals surface area (Å²) < 4.78 is 10.7. The Bertz CT molecular complexity index is 912. The number of likely N-dealkylation sites (tertiary alicyclic amines) is 1. The van der Waals surface area contributed by atoms with Crippen molar-refractivity contribution in [3.8, 4) is 5.75 Å². The van der Waals surface area contributed by atoms with Gasteiger partial charge in [-0.25, -0.2) is 4.79 Å². The first-order valence-electron chi connectivity index (χ1n) is 12.0. The number of benzene rings is 1. The molecule has 2 spiro atoms. The molecule has 1 N–H and O–H groups in total. The Labute approximate surface area is 191 Å². The zero-order valence-corrected chi connectivity index (χ0v) is 19.8. The van der Waals surface area contributed by atoms with E-state index >= 15 is 0 Å². The van der Waals surface area contributed by atoms with Gasteiger partial charge in [0.05, 0.1) is 12.6 Å². The number of rotatable bonds is 3. The highest BCUT2D eigenvalue weighted by Gasteiger charge is 2.54. The summed E-state index contributed by atoms with van der Waals surface area (Å²) in [7, 11) is 1.77. The fourth-order valence-electron chi connectivity index (χ4n) is 6.36. The van der Waals surface area contributed by atoms with Crippen molar-refractivity contribution in [2.75, 3.05) is 26.8 Å². The average molecular weight is 441 g/mol. The number of nitrogens with one attached hydrogen (secondary N) is 1. The lowest BCUT2D eigenvalue weighted by Crippen LogP contribution is -2.59. The minimum absolute atomic E-state index is 0.0320. The second-order valence-corrected chi connectivity index (χ2v) is 11.7. The molecule has 0 radical (unpaired) electrons. The number of piperidine rings is 1. The summed E-state index contributed by atoms with van der Waals surface area (Å²) in [5.74, 6) is 1.85. The zero-order valence-electron chi connectivity index (χ0n) is 19.8. The van der Waals surface area contributed by atoms with Crippen molar-refractivity contribution in [3.05, 3.63) is 29.3 Å². The van der Waals surface area contributed by atoms with Crippen LogP contribution in [0.3, 0.4) is 0 Å². The third-order valence-corrected chi connectivity index (χ3v) is 8.50. The number of carbonyl (C=O) groups excluding carboxylic acids is 2. The van der Waals surface area contributed by atoms with Crippen LogP contribution in [0, 0.1) is 11.3 Å². The van der Waals surface area contributed by atoms with Crippen LogP contribution >= 0.6 is 0 Å². The van der Waals surface area contributed by atoms with Gasteiger partial charge in [0.1, 0.15) is 12.4 Å². The number of hydrogen-bond acceptors (Lipinski definition) is 4. The van der Waals surface area contributed by atoms with Crippen LogP contribution in [-0.4, -0.2) is 49.2 Å². The van der Waals surface area contributed by atoms with E-state index in [1.54, 1.807) is 7.11 Å². The Morgan fingerprint density at radius 2 is 1.84 bits per heavy atom. The highest BCUT2D eigenvalue weighted by molar-refractivity contribution is 5.81. The zero-order chi connectivity index (χ0) is 22.7. The summed E-state index contributed by atoms with van der Waals surface area (Å²) in [6.45, 7) is 8.88. The maximum atomic E-state index is 13.0. The molecule has 5 rings (SSSR count). The fourth-order valence-corrected chi connectivity index (χ4v) is 6.36. The standard InChI is InChI=1S/C26H36N2O4/c1-24(2,3)19-5-6-21(31-4)20(11-19)17-12-25(13-17)7-9-28(10-8-25)22(29)18-14-26(15-18)16-32-23(30)27-26/h5-6,11,17-18H,7-10,12-16H2,1-4H3,(H,27,30)/t18-,26+. The molecule has 0 aromatic heterocycles. The number of carbonyl (C=O) groups is 2. The number of nitrogens with zero attached hydrogens (tertiary/aromatic N) is 1. The Hall–Kier alpha value is -2.24. The van der Waals surface area contributed by atoms with Crippen LogP contribution in [0.2, 0.25) is 0 Å². The van der Waals surface area contributed by atoms with E-state index in [1.807, 2.05) is 0 Å². The number of alkyl carbamates (subject to hydrolysis) is 1. The van der Waals surface area contributed by atoms with Gasteiger partial charge in [-0.15, -0.1) is 0 Å². The summed E-state index contributed by atoms with van der Waals surface area (Å²) in [5.41, 5.74) is 2.93. The molecule has 0 bridgehead atoms. The van der Waals surface area contributed by atoms with Gasteiger partial charge in [-0.2, -0.15) is 0 Å². The molecule has 2 aliphatic heterocycles. The van der Waals surface area contributed by atoms with E-state index < -0.39 is 0 Å². The van der Waals surface area contributed by atoms with E-state index in [2.05, 4.69) is 49.2 Å². The number of hydrogen-bond donors (Lipinski definition) is 1. The molecule has 4 aliphatic rings. The Morgan fingerprint density at radius 1 is 1.16 bits per heavy atom. The molecule has 2 aliphatic carbocycles. The van der Waals surface area contributed by atoms with E-state index in [9.17, 15) is 9.59 Å². The smallest absolute Gasteiger partial charge is 0.407 e. The van der Waals surface area contributed by atoms with Crippen molar-refractivity contribution < 1.29 is 19.1 Å². The summed E-state index contributed by atoms with van der Waals surface area (Å²) in [6.07, 6.45) is 5.64. The van der Waals surface area contributed by atoms with Gasteiger partial charge in [0.25, 0.3) is 0 Å². The van der Waals surface area contributed by atoms with Gasteiger partial charge in [0.15, 0.2) is 0 Å². The molecule has 32 heavy (non-hydrogen) atoms. The Kier molecular flexibility index (Phi) is 4.99. The lowest BCUT2D eigenvalue weighted by molar-refractivity contribution is -0.144. The lowest BCUT2D eigenvalue weighted by Gasteiger charge is -2.53. The SMILES string of the molecule is COc1ccc(C(C)(C)C)cc1C1CC2(CCN(C(=O)[C@H]3C[C@]4(COC(=O)N4)C3)CC2)C1. The maximum absolute atomic E-state index is 13.0. The van der Waals surface area contributed by atoms with Crippen LogP contribution in [0.15, 0.2) is 18.2 Å². The molecule has 6 nitrogen and oxygen atoms in total. The highest BCUT2D eigenvalue weighted by atomic mass is 16.6. The van der Waals surface area contributed by atoms with Gasteiger partial charge in [-0.3, -0.25) is 4.79 Å². The summed E-state index contributed by atoms with van der Waals surface area (Å²) in [5, 5.41) is 2.89. The first-order chi connectivity index (χ1) is 15.1. The van der Waals surface area contributed by atoms with Crippen LogP contribution in [0.1, 0.15) is 76.3 Å². The molecule has 1 aromatic carbocycles. The molecule has 6 heteroatoms. The number of amides is 2. The molecule has 0 atom stereocenters. The van der Waals surface area contributed by atoms with Crippen LogP contribution in [-0.2, 0) is 14.9 Å². The third-order valence-electron chi connectivity index (χ3n) is 8.50. The van der Waals surface area contributed by atoms with E-state index in [0.717, 1.165) is 31.7 Å². The van der Waals surface area contributed by atoms with Crippen LogP contribution in [0.25, 0.3) is 0 Å². The largest absolute Gasteiger partial charge is 0.496 e.